The monoisotopic (exact) mass is 214 g/mol. The minimum absolute atomic E-state index is 0.0357. The summed E-state index contributed by atoms with van der Waals surface area (Å²) in [5.74, 6) is 0.0357. The normalized spacial score (nSPS) is 9.47. The molecule has 0 bridgehead atoms. The number of carbonyl (C=O) groups excluding carboxylic acids is 2. The van der Waals surface area contributed by atoms with Crippen molar-refractivity contribution >= 4 is 11.9 Å². The van der Waals surface area contributed by atoms with E-state index in [1.165, 1.54) is 17.9 Å². The summed E-state index contributed by atoms with van der Waals surface area (Å²) in [5.41, 5.74) is 5.35. The zero-order valence-electron chi connectivity index (χ0n) is 9.07. The molecule has 0 saturated heterocycles. The van der Waals surface area contributed by atoms with Gasteiger partial charge in [0.25, 0.3) is 0 Å². The third-order valence-electron chi connectivity index (χ3n) is 1.72. The topological polar surface area (TPSA) is 72.6 Å². The van der Waals surface area contributed by atoms with Gasteiger partial charge in [-0.05, 0) is 6.92 Å². The Morgan fingerprint density at radius 3 is 2.60 bits per heavy atom. The van der Waals surface area contributed by atoms with Gasteiger partial charge in [-0.15, -0.1) is 0 Å². The maximum absolute atomic E-state index is 11.4. The van der Waals surface area contributed by atoms with E-state index in [-0.39, 0.29) is 12.4 Å². The van der Waals surface area contributed by atoms with Gasteiger partial charge < -0.3 is 15.4 Å². The lowest BCUT2D eigenvalue weighted by Gasteiger charge is -2.20. The van der Waals surface area contributed by atoms with Crippen molar-refractivity contribution < 1.29 is 14.3 Å². The Bertz CT molecular complexity index is 229. The largest absolute Gasteiger partial charge is 0.445 e. The molecule has 0 aromatic rings. The molecule has 0 aliphatic carbocycles. The first-order chi connectivity index (χ1) is 7.11. The van der Waals surface area contributed by atoms with Gasteiger partial charge in [0.2, 0.25) is 0 Å². The van der Waals surface area contributed by atoms with Crippen LogP contribution in [0.5, 0.6) is 0 Å². The van der Waals surface area contributed by atoms with Gasteiger partial charge in [-0.3, -0.25) is 4.79 Å². The number of hydrogen-bond donors (Lipinski definition) is 1. The third kappa shape index (κ3) is 6.68. The van der Waals surface area contributed by atoms with Crippen molar-refractivity contribution in [3.8, 4) is 0 Å². The van der Waals surface area contributed by atoms with Crippen LogP contribution >= 0.6 is 0 Å². The Labute approximate surface area is 89.9 Å². The van der Waals surface area contributed by atoms with E-state index in [0.717, 1.165) is 0 Å². The van der Waals surface area contributed by atoms with Crippen molar-refractivity contribution in [3.05, 3.63) is 12.7 Å². The molecule has 0 aliphatic heterocycles. The van der Waals surface area contributed by atoms with Crippen LogP contribution < -0.4 is 5.73 Å². The molecule has 0 atom stereocenters. The molecular formula is C10H18N2O3. The second kappa shape index (κ2) is 7.99. The first-order valence-corrected chi connectivity index (χ1v) is 4.84. The molecule has 0 saturated carbocycles. The molecule has 0 spiro atoms. The van der Waals surface area contributed by atoms with Gasteiger partial charge >= 0.3 is 6.09 Å². The summed E-state index contributed by atoms with van der Waals surface area (Å²) in [7, 11) is 0. The van der Waals surface area contributed by atoms with Crippen LogP contribution in [0.15, 0.2) is 12.7 Å². The van der Waals surface area contributed by atoms with E-state index in [0.29, 0.717) is 26.1 Å². The van der Waals surface area contributed by atoms with Crippen molar-refractivity contribution in [2.45, 2.75) is 13.3 Å². The molecule has 86 valence electrons. The maximum Gasteiger partial charge on any atom is 0.410 e. The minimum Gasteiger partial charge on any atom is -0.445 e. The van der Waals surface area contributed by atoms with Crippen LogP contribution in [0.25, 0.3) is 0 Å². The van der Waals surface area contributed by atoms with Crippen molar-refractivity contribution in [2.75, 3.05) is 26.2 Å². The first kappa shape index (κ1) is 13.6. The van der Waals surface area contributed by atoms with E-state index in [9.17, 15) is 9.59 Å². The van der Waals surface area contributed by atoms with Gasteiger partial charge in [0, 0.05) is 26.1 Å². The van der Waals surface area contributed by atoms with Gasteiger partial charge in [-0.2, -0.15) is 0 Å². The van der Waals surface area contributed by atoms with Crippen LogP contribution in [-0.4, -0.2) is 43.0 Å². The molecule has 5 nitrogen and oxygen atoms in total. The first-order valence-electron chi connectivity index (χ1n) is 4.84. The van der Waals surface area contributed by atoms with Gasteiger partial charge in [-0.1, -0.05) is 12.7 Å². The number of nitrogens with zero attached hydrogens (tertiary/aromatic N) is 1. The highest BCUT2D eigenvalue weighted by molar-refractivity contribution is 5.76. The molecule has 0 heterocycles. The summed E-state index contributed by atoms with van der Waals surface area (Å²) in [6, 6.07) is 0. The predicted molar refractivity (Wildman–Crippen MR) is 57.5 cm³/mol. The lowest BCUT2D eigenvalue weighted by atomic mass is 10.3. The Morgan fingerprint density at radius 2 is 2.13 bits per heavy atom. The summed E-state index contributed by atoms with van der Waals surface area (Å²) >= 11 is 0. The zero-order valence-corrected chi connectivity index (χ0v) is 9.07. The molecular weight excluding hydrogens is 196 g/mol. The van der Waals surface area contributed by atoms with Crippen LogP contribution in [0.2, 0.25) is 0 Å². The Balaban J connectivity index is 4.05. The molecule has 0 unspecified atom stereocenters. The van der Waals surface area contributed by atoms with Crippen LogP contribution in [0.4, 0.5) is 4.79 Å². The third-order valence-corrected chi connectivity index (χ3v) is 1.72. The molecule has 0 aromatic carbocycles. The van der Waals surface area contributed by atoms with Crippen molar-refractivity contribution in [1.29, 1.82) is 0 Å². The highest BCUT2D eigenvalue weighted by atomic mass is 16.6. The summed E-state index contributed by atoms with van der Waals surface area (Å²) in [6.07, 6.45) is 1.36. The molecule has 0 aromatic heterocycles. The number of nitrogens with two attached hydrogens (primary N) is 1. The van der Waals surface area contributed by atoms with Gasteiger partial charge in [0.05, 0.1) is 0 Å². The number of ether oxygens (including phenoxy) is 1. The minimum atomic E-state index is -0.457. The molecule has 0 fully saturated rings. The average Bonchev–Trinajstić information content (AvgIpc) is 2.20. The number of ketones is 1. The molecule has 0 radical (unpaired) electrons. The van der Waals surface area contributed by atoms with Crippen molar-refractivity contribution in [3.63, 3.8) is 0 Å². The van der Waals surface area contributed by atoms with E-state index < -0.39 is 6.09 Å². The summed E-state index contributed by atoms with van der Waals surface area (Å²) in [4.78, 5) is 23.6. The van der Waals surface area contributed by atoms with E-state index in [2.05, 4.69) is 6.58 Å². The van der Waals surface area contributed by atoms with E-state index in [4.69, 9.17) is 10.5 Å². The van der Waals surface area contributed by atoms with Gasteiger partial charge in [0.15, 0.2) is 0 Å². The van der Waals surface area contributed by atoms with Crippen molar-refractivity contribution in [2.24, 2.45) is 5.73 Å². The predicted octanol–water partition coefficient (Wildman–Crippen LogP) is 0.549. The molecule has 0 aliphatic rings. The maximum atomic E-state index is 11.4. The Morgan fingerprint density at radius 1 is 1.47 bits per heavy atom. The number of hydrogen-bond acceptors (Lipinski definition) is 4. The lowest BCUT2D eigenvalue weighted by molar-refractivity contribution is -0.117. The van der Waals surface area contributed by atoms with Crippen LogP contribution in [0, 0.1) is 0 Å². The number of rotatable bonds is 7. The highest BCUT2D eigenvalue weighted by Crippen LogP contribution is 1.96. The SMILES string of the molecule is C=CCOC(=O)N(CCN)CCC(C)=O. The number of Topliss-reactive ketones (excluding diaryl/α,β-unsaturated/α-hetero) is 1. The van der Waals surface area contributed by atoms with Crippen LogP contribution in [-0.2, 0) is 9.53 Å². The van der Waals surface area contributed by atoms with Crippen LogP contribution in [0.1, 0.15) is 13.3 Å². The summed E-state index contributed by atoms with van der Waals surface area (Å²) in [6.45, 7) is 6.18. The fourth-order valence-electron chi connectivity index (χ4n) is 0.964. The molecule has 5 heteroatoms. The van der Waals surface area contributed by atoms with Gasteiger partial charge in [-0.25, -0.2) is 4.79 Å². The fraction of sp³-hybridized carbons (Fsp3) is 0.600. The second-order valence-electron chi connectivity index (χ2n) is 3.09. The second-order valence-corrected chi connectivity index (χ2v) is 3.09. The summed E-state index contributed by atoms with van der Waals surface area (Å²) in [5, 5.41) is 0. The highest BCUT2D eigenvalue weighted by Gasteiger charge is 2.13. The smallest absolute Gasteiger partial charge is 0.410 e. The molecule has 2 N–H and O–H groups in total. The van der Waals surface area contributed by atoms with E-state index >= 15 is 0 Å². The van der Waals surface area contributed by atoms with Gasteiger partial charge in [0.1, 0.15) is 12.4 Å². The van der Waals surface area contributed by atoms with Crippen LogP contribution in [0.3, 0.4) is 0 Å². The lowest BCUT2D eigenvalue weighted by Crippen LogP contribution is -2.37. The number of carbonyl (C=O) groups is 2. The standard InChI is InChI=1S/C10H18N2O3/c1-3-8-15-10(14)12(7-5-11)6-4-9(2)13/h3H,1,4-8,11H2,2H3. The fourth-order valence-corrected chi connectivity index (χ4v) is 0.964. The van der Waals surface area contributed by atoms with Crippen molar-refractivity contribution in [1.82, 2.24) is 4.90 Å². The number of amides is 1. The molecule has 0 rings (SSSR count). The van der Waals surface area contributed by atoms with E-state index in [1.807, 2.05) is 0 Å². The summed E-state index contributed by atoms with van der Waals surface area (Å²) < 4.78 is 4.84. The van der Waals surface area contributed by atoms with E-state index in [1.54, 1.807) is 0 Å². The zero-order chi connectivity index (χ0) is 11.7. The average molecular weight is 214 g/mol. The molecule has 1 amide bonds. The molecule has 15 heavy (non-hydrogen) atoms. The Hall–Kier alpha value is -1.36. The Kier molecular flexibility index (Phi) is 7.27. The quantitative estimate of drug-likeness (QED) is 0.628.